The van der Waals surface area contributed by atoms with E-state index in [1.165, 1.54) is 12.1 Å². The van der Waals surface area contributed by atoms with E-state index >= 15 is 0 Å². The van der Waals surface area contributed by atoms with Gasteiger partial charge in [-0.15, -0.1) is 0 Å². The number of halogens is 3. The Balaban J connectivity index is 1.45. The Hall–Kier alpha value is -3.83. The van der Waals surface area contributed by atoms with Gasteiger partial charge in [-0.2, -0.15) is 13.2 Å². The van der Waals surface area contributed by atoms with Crippen LogP contribution in [0, 0.1) is 5.92 Å². The van der Waals surface area contributed by atoms with Gasteiger partial charge in [-0.05, 0) is 42.0 Å². The number of aromatic nitrogens is 1. The van der Waals surface area contributed by atoms with Gasteiger partial charge in [-0.3, -0.25) is 14.4 Å². The molecule has 6 nitrogen and oxygen atoms in total. The molecule has 6 rings (SSSR count). The summed E-state index contributed by atoms with van der Waals surface area (Å²) in [5.41, 5.74) is -0.956. The van der Waals surface area contributed by atoms with E-state index in [-0.39, 0.29) is 4.87 Å². The van der Waals surface area contributed by atoms with Gasteiger partial charge in [-0.25, -0.2) is 4.90 Å². The van der Waals surface area contributed by atoms with Crippen LogP contribution in [0.2, 0.25) is 0 Å². The standard InChI is InChI=1S/C27H17F3N2O4S2/c28-27(29,30)17-11-4-5-12-18(17)32-24(33)20-19(21-23(31-26(35)38-21)37-22(20)25(32)34)14-7-6-10-16(13-14)36-15-8-2-1-3-9-15/h1-13,19-20,22H,(H,31,35)/t19-,20-,22+/m0/s1. The molecule has 0 unspecified atom stereocenters. The number of imide groups is 1. The number of nitrogens with zero attached hydrogens (tertiary/aromatic N) is 1. The lowest BCUT2D eigenvalue weighted by molar-refractivity contribution is -0.137. The number of fused-ring (bicyclic) bond motifs is 2. The SMILES string of the molecule is O=C1[C@H]2[C@H](c3cccc(Oc4ccccc4)c3)c3sc(=O)[nH]c3S[C@H]2C(=O)N1c1ccccc1C(F)(F)F. The summed E-state index contributed by atoms with van der Waals surface area (Å²) in [5, 5.41) is -0.571. The number of amides is 2. The lowest BCUT2D eigenvalue weighted by Gasteiger charge is -2.30. The first kappa shape index (κ1) is 24.5. The molecule has 0 bridgehead atoms. The molecule has 11 heteroatoms. The van der Waals surface area contributed by atoms with Crippen molar-refractivity contribution < 1.29 is 27.5 Å². The van der Waals surface area contributed by atoms with Crippen LogP contribution in [0.15, 0.2) is 88.7 Å². The highest BCUT2D eigenvalue weighted by Crippen LogP contribution is 2.54. The number of anilines is 1. The van der Waals surface area contributed by atoms with E-state index in [4.69, 9.17) is 4.74 Å². The first-order valence-corrected chi connectivity index (χ1v) is 13.2. The predicted octanol–water partition coefficient (Wildman–Crippen LogP) is 6.04. The van der Waals surface area contributed by atoms with Crippen molar-refractivity contribution in [3.63, 3.8) is 0 Å². The number of benzene rings is 3. The fraction of sp³-hybridized carbons (Fsp3) is 0.148. The second-order valence-corrected chi connectivity index (χ2v) is 10.9. The number of nitrogens with one attached hydrogen (secondary N) is 1. The van der Waals surface area contributed by atoms with E-state index in [1.807, 2.05) is 18.2 Å². The van der Waals surface area contributed by atoms with Crippen LogP contribution in [0.25, 0.3) is 0 Å². The summed E-state index contributed by atoms with van der Waals surface area (Å²) in [5.74, 6) is -2.17. The van der Waals surface area contributed by atoms with Crippen molar-refractivity contribution in [2.24, 2.45) is 5.92 Å². The molecule has 2 amide bonds. The molecule has 1 aromatic heterocycles. The number of thiazole rings is 1. The van der Waals surface area contributed by atoms with E-state index < -0.39 is 46.3 Å². The molecule has 2 aliphatic heterocycles. The van der Waals surface area contributed by atoms with E-state index in [2.05, 4.69) is 4.98 Å². The maximum atomic E-state index is 13.8. The van der Waals surface area contributed by atoms with Crippen LogP contribution >= 0.6 is 23.1 Å². The molecule has 0 saturated carbocycles. The van der Waals surface area contributed by atoms with Crippen molar-refractivity contribution in [1.82, 2.24) is 4.98 Å². The predicted molar refractivity (Wildman–Crippen MR) is 137 cm³/mol. The van der Waals surface area contributed by atoms with Crippen molar-refractivity contribution in [2.45, 2.75) is 22.4 Å². The fourth-order valence-electron chi connectivity index (χ4n) is 4.92. The Labute approximate surface area is 222 Å². The van der Waals surface area contributed by atoms with Gasteiger partial charge in [0.15, 0.2) is 0 Å². The first-order chi connectivity index (χ1) is 18.2. The third-order valence-electron chi connectivity index (χ3n) is 6.47. The van der Waals surface area contributed by atoms with Gasteiger partial charge < -0.3 is 9.72 Å². The Bertz CT molecular complexity index is 1620. The summed E-state index contributed by atoms with van der Waals surface area (Å²) < 4.78 is 47.3. The van der Waals surface area contributed by atoms with Crippen LogP contribution in [0.1, 0.15) is 21.9 Å². The lowest BCUT2D eigenvalue weighted by Crippen LogP contribution is -2.33. The van der Waals surface area contributed by atoms with Crippen molar-refractivity contribution in [3.05, 3.63) is 105 Å². The number of para-hydroxylation sites is 2. The second-order valence-electron chi connectivity index (χ2n) is 8.76. The highest BCUT2D eigenvalue weighted by atomic mass is 32.2. The van der Waals surface area contributed by atoms with Crippen LogP contribution in [-0.4, -0.2) is 22.0 Å². The number of alkyl halides is 3. The molecule has 4 aromatic rings. The summed E-state index contributed by atoms with van der Waals surface area (Å²) in [6, 6.07) is 20.6. The van der Waals surface area contributed by atoms with Crippen molar-refractivity contribution >= 4 is 40.6 Å². The molecule has 1 fully saturated rings. The first-order valence-electron chi connectivity index (χ1n) is 11.5. The summed E-state index contributed by atoms with van der Waals surface area (Å²) in [4.78, 5) is 43.2. The van der Waals surface area contributed by atoms with Crippen LogP contribution in [-0.2, 0) is 15.8 Å². The molecule has 0 radical (unpaired) electrons. The van der Waals surface area contributed by atoms with Crippen LogP contribution in [0.3, 0.4) is 0 Å². The van der Waals surface area contributed by atoms with Gasteiger partial charge in [0.2, 0.25) is 11.8 Å². The molecule has 0 spiro atoms. The van der Waals surface area contributed by atoms with Crippen molar-refractivity contribution in [3.8, 4) is 11.5 Å². The average Bonchev–Trinajstić information content (AvgIpc) is 3.38. The quantitative estimate of drug-likeness (QED) is 0.311. The largest absolute Gasteiger partial charge is 0.457 e. The van der Waals surface area contributed by atoms with Crippen LogP contribution in [0.4, 0.5) is 18.9 Å². The Morgan fingerprint density at radius 3 is 2.32 bits per heavy atom. The maximum Gasteiger partial charge on any atom is 0.418 e. The fourth-order valence-corrected chi connectivity index (χ4v) is 7.43. The summed E-state index contributed by atoms with van der Waals surface area (Å²) in [6.07, 6.45) is -4.76. The number of hydrogen-bond acceptors (Lipinski definition) is 6. The van der Waals surface area contributed by atoms with E-state index in [0.29, 0.717) is 31.9 Å². The molecule has 3 atom stereocenters. The zero-order valence-electron chi connectivity index (χ0n) is 19.3. The third kappa shape index (κ3) is 4.11. The highest BCUT2D eigenvalue weighted by Gasteiger charge is 2.57. The number of ether oxygens (including phenoxy) is 1. The van der Waals surface area contributed by atoms with E-state index in [1.54, 1.807) is 36.4 Å². The van der Waals surface area contributed by atoms with E-state index in [9.17, 15) is 27.6 Å². The van der Waals surface area contributed by atoms with Gasteiger partial charge in [0.25, 0.3) is 0 Å². The summed E-state index contributed by atoms with van der Waals surface area (Å²) in [6.45, 7) is 0. The molecule has 38 heavy (non-hydrogen) atoms. The van der Waals surface area contributed by atoms with Gasteiger partial charge in [0.05, 0.1) is 22.2 Å². The second kappa shape index (κ2) is 9.17. The Morgan fingerprint density at radius 2 is 1.55 bits per heavy atom. The topological polar surface area (TPSA) is 79.5 Å². The monoisotopic (exact) mass is 554 g/mol. The van der Waals surface area contributed by atoms with Gasteiger partial charge in [0.1, 0.15) is 16.7 Å². The average molecular weight is 555 g/mol. The zero-order chi connectivity index (χ0) is 26.6. The lowest BCUT2D eigenvalue weighted by atomic mass is 9.83. The van der Waals surface area contributed by atoms with Crippen molar-refractivity contribution in [2.75, 3.05) is 4.90 Å². The molecule has 0 aliphatic carbocycles. The molecule has 1 N–H and O–H groups in total. The minimum atomic E-state index is -4.76. The molecule has 3 aromatic carbocycles. The maximum absolute atomic E-state index is 13.8. The summed E-state index contributed by atoms with van der Waals surface area (Å²) >= 11 is 1.93. The van der Waals surface area contributed by atoms with Crippen LogP contribution in [0.5, 0.6) is 11.5 Å². The zero-order valence-corrected chi connectivity index (χ0v) is 20.9. The summed E-state index contributed by atoms with van der Waals surface area (Å²) in [7, 11) is 0. The smallest absolute Gasteiger partial charge is 0.418 e. The minimum absolute atomic E-state index is 0.344. The molecular weight excluding hydrogens is 537 g/mol. The number of hydrogen-bond donors (Lipinski definition) is 1. The number of carbonyl (C=O) groups excluding carboxylic acids is 2. The van der Waals surface area contributed by atoms with Crippen LogP contribution < -0.4 is 14.5 Å². The molecular formula is C27H17F3N2O4S2. The van der Waals surface area contributed by atoms with E-state index in [0.717, 1.165) is 35.2 Å². The molecule has 192 valence electrons. The van der Waals surface area contributed by atoms with Gasteiger partial charge >= 0.3 is 11.0 Å². The third-order valence-corrected chi connectivity index (χ3v) is 8.87. The number of rotatable bonds is 4. The number of H-pyrrole nitrogens is 1. The molecule has 2 aliphatic rings. The molecule has 3 heterocycles. The van der Waals surface area contributed by atoms with Gasteiger partial charge in [-0.1, -0.05) is 65.6 Å². The van der Waals surface area contributed by atoms with Crippen molar-refractivity contribution in [1.29, 1.82) is 0 Å². The number of carbonyl (C=O) groups is 2. The number of aromatic amines is 1. The highest BCUT2D eigenvalue weighted by molar-refractivity contribution is 8.00. The molecule has 1 saturated heterocycles. The Kier molecular flexibility index (Phi) is 5.92. The van der Waals surface area contributed by atoms with Gasteiger partial charge in [0, 0.05) is 10.8 Å². The Morgan fingerprint density at radius 1 is 0.842 bits per heavy atom. The minimum Gasteiger partial charge on any atom is -0.457 e. The number of thioether (sulfide) groups is 1. The normalized spacial score (nSPS) is 20.8.